The average Bonchev–Trinajstić information content (AvgIpc) is 2.62. The highest BCUT2D eigenvalue weighted by molar-refractivity contribution is 8.01. The lowest BCUT2D eigenvalue weighted by Gasteiger charge is -2.12. The molecule has 2 rings (SSSR count). The van der Waals surface area contributed by atoms with Crippen LogP contribution in [0.5, 0.6) is 0 Å². The van der Waals surface area contributed by atoms with Crippen LogP contribution in [0.15, 0.2) is 58.3 Å². The van der Waals surface area contributed by atoms with Crippen molar-refractivity contribution in [2.24, 2.45) is 0 Å². The zero-order valence-corrected chi connectivity index (χ0v) is 15.8. The molecule has 0 aliphatic carbocycles. The van der Waals surface area contributed by atoms with Crippen LogP contribution in [-0.2, 0) is 20.0 Å². The second kappa shape index (κ2) is 7.76. The summed E-state index contributed by atoms with van der Waals surface area (Å²) in [5, 5.41) is 2.53. The third-order valence-corrected chi connectivity index (χ3v) is 6.78. The summed E-state index contributed by atoms with van der Waals surface area (Å²) in [6.07, 6.45) is 0. The fraction of sp³-hybridized carbons (Fsp3) is 0. The van der Waals surface area contributed by atoms with E-state index in [9.17, 15) is 21.6 Å². The highest BCUT2D eigenvalue weighted by Crippen LogP contribution is 2.22. The van der Waals surface area contributed by atoms with Crippen molar-refractivity contribution in [2.75, 3.05) is 5.32 Å². The lowest BCUT2D eigenvalue weighted by Crippen LogP contribution is -2.22. The molecule has 8 nitrogen and oxygen atoms in total. The van der Waals surface area contributed by atoms with Crippen molar-refractivity contribution >= 4 is 57.3 Å². The van der Waals surface area contributed by atoms with Crippen LogP contribution in [0.25, 0.3) is 0 Å². The molecule has 0 atom stereocenters. The van der Waals surface area contributed by atoms with Gasteiger partial charge in [-0.25, -0.2) is 16.8 Å². The Morgan fingerprint density at radius 3 is 2.00 bits per heavy atom. The van der Waals surface area contributed by atoms with Gasteiger partial charge in [0, 0.05) is 5.69 Å². The number of rotatable bonds is 6. The molecule has 3 N–H and O–H groups in total. The minimum atomic E-state index is -4.22. The highest BCUT2D eigenvalue weighted by atomic mass is 32.3. The van der Waals surface area contributed by atoms with Gasteiger partial charge in [-0.2, -0.15) is 8.25 Å². The van der Waals surface area contributed by atoms with Crippen molar-refractivity contribution < 1.29 is 21.6 Å². The van der Waals surface area contributed by atoms with Crippen LogP contribution in [0, 0.1) is 0 Å². The molecule has 0 aliphatic heterocycles. The predicted octanol–water partition coefficient (Wildman–Crippen LogP) is 1.19. The summed E-state index contributed by atoms with van der Waals surface area (Å²) in [5.41, 5.74) is 0.201. The number of anilines is 1. The van der Waals surface area contributed by atoms with Crippen LogP contribution >= 0.6 is 25.6 Å². The number of hydrogen-bond acceptors (Lipinski definition) is 7. The van der Waals surface area contributed by atoms with Crippen molar-refractivity contribution in [3.05, 3.63) is 54.1 Å². The van der Waals surface area contributed by atoms with Gasteiger partial charge in [0.15, 0.2) is 0 Å². The molecule has 0 aliphatic rings. The molecule has 2 aromatic rings. The van der Waals surface area contributed by atoms with Crippen molar-refractivity contribution in [3.63, 3.8) is 0 Å². The zero-order chi connectivity index (χ0) is 18.7. The van der Waals surface area contributed by atoms with Gasteiger partial charge in [-0.15, -0.1) is 0 Å². The number of benzene rings is 2. The van der Waals surface area contributed by atoms with Crippen molar-refractivity contribution in [2.45, 2.75) is 9.79 Å². The maximum absolute atomic E-state index is 12.4. The van der Waals surface area contributed by atoms with Gasteiger partial charge in [-0.1, -0.05) is 43.8 Å². The number of carbonyl (C=O) groups excluding carboxylic acids is 1. The van der Waals surface area contributed by atoms with Gasteiger partial charge in [0.25, 0.3) is 5.91 Å². The largest absolute Gasteiger partial charge is 0.322 e. The smallest absolute Gasteiger partial charge is 0.257 e. The molecule has 25 heavy (non-hydrogen) atoms. The maximum Gasteiger partial charge on any atom is 0.257 e. The minimum Gasteiger partial charge on any atom is -0.322 e. The van der Waals surface area contributed by atoms with Gasteiger partial charge in [0.1, 0.15) is 0 Å². The number of para-hydroxylation sites is 1. The Labute approximate surface area is 156 Å². The van der Waals surface area contributed by atoms with Crippen LogP contribution in [0.1, 0.15) is 10.4 Å². The van der Waals surface area contributed by atoms with Gasteiger partial charge < -0.3 is 5.32 Å². The molecule has 0 fully saturated rings. The van der Waals surface area contributed by atoms with Crippen LogP contribution in [0.3, 0.4) is 0 Å². The molecule has 0 heterocycles. The van der Waals surface area contributed by atoms with E-state index in [1.807, 2.05) is 0 Å². The minimum absolute atomic E-state index is 0.247. The molecule has 0 saturated heterocycles. The van der Waals surface area contributed by atoms with Crippen LogP contribution < -0.4 is 13.6 Å². The molecular formula is C13H13N3O5S4. The molecule has 0 unspecified atom stereocenters. The molecule has 0 saturated carbocycles. The van der Waals surface area contributed by atoms with Gasteiger partial charge in [-0.05, 0) is 30.3 Å². The summed E-state index contributed by atoms with van der Waals surface area (Å²) in [7, 11) is -8.25. The third kappa shape index (κ3) is 4.54. The standard InChI is InChI=1S/C13H13N3O5S4/c17-13(14-9-4-2-1-3-5-9)11-7-6-10(24(18,19)15-22)8-12(11)25(20,21)16-23/h1-8,15-16,22-23H,(H,14,17). The number of thiol groups is 2. The lowest BCUT2D eigenvalue weighted by atomic mass is 10.2. The Bertz CT molecular complexity index is 992. The topological polar surface area (TPSA) is 121 Å². The van der Waals surface area contributed by atoms with E-state index in [2.05, 4.69) is 30.9 Å². The predicted molar refractivity (Wildman–Crippen MR) is 99.5 cm³/mol. The molecule has 12 heteroatoms. The van der Waals surface area contributed by atoms with Gasteiger partial charge in [0.2, 0.25) is 20.0 Å². The number of amides is 1. The fourth-order valence-electron chi connectivity index (χ4n) is 1.90. The van der Waals surface area contributed by atoms with E-state index < -0.39 is 30.8 Å². The third-order valence-electron chi connectivity index (χ3n) is 3.07. The number of sulfonamides is 2. The maximum atomic E-state index is 12.4. The summed E-state index contributed by atoms with van der Waals surface area (Å²) in [6.45, 7) is 0. The van der Waals surface area contributed by atoms with Gasteiger partial charge in [0.05, 0.1) is 15.4 Å². The number of nitrogens with one attached hydrogen (secondary N) is 3. The first-order valence-electron chi connectivity index (χ1n) is 6.53. The highest BCUT2D eigenvalue weighted by Gasteiger charge is 2.25. The molecule has 134 valence electrons. The number of carbonyl (C=O) groups is 1. The molecule has 0 spiro atoms. The van der Waals surface area contributed by atoms with E-state index in [4.69, 9.17) is 0 Å². The first-order valence-corrected chi connectivity index (χ1v) is 10.4. The normalized spacial score (nSPS) is 11.9. The molecule has 0 radical (unpaired) electrons. The van der Waals surface area contributed by atoms with Crippen molar-refractivity contribution in [1.29, 1.82) is 0 Å². The van der Waals surface area contributed by atoms with Crippen LogP contribution in [-0.4, -0.2) is 22.7 Å². The van der Waals surface area contributed by atoms with E-state index in [0.29, 0.717) is 5.69 Å². The molecule has 2 aromatic carbocycles. The van der Waals surface area contributed by atoms with E-state index in [0.717, 1.165) is 18.2 Å². The van der Waals surface area contributed by atoms with E-state index in [1.54, 1.807) is 38.6 Å². The Balaban J connectivity index is 2.56. The molecular weight excluding hydrogens is 406 g/mol. The van der Waals surface area contributed by atoms with Crippen LogP contribution in [0.4, 0.5) is 5.69 Å². The summed E-state index contributed by atoms with van der Waals surface area (Å²) in [6, 6.07) is 11.4. The summed E-state index contributed by atoms with van der Waals surface area (Å²) < 4.78 is 51.5. The van der Waals surface area contributed by atoms with Crippen molar-refractivity contribution in [3.8, 4) is 0 Å². The first kappa shape index (κ1) is 19.8. The average molecular weight is 420 g/mol. The Morgan fingerprint density at radius 2 is 1.44 bits per heavy atom. The Hall–Kier alpha value is -1.57. The lowest BCUT2D eigenvalue weighted by molar-refractivity contribution is 0.102. The Morgan fingerprint density at radius 1 is 0.840 bits per heavy atom. The fourth-order valence-corrected chi connectivity index (χ4v) is 4.04. The summed E-state index contributed by atoms with van der Waals surface area (Å²) in [4.78, 5) is 11.5. The zero-order valence-electron chi connectivity index (χ0n) is 12.4. The second-order valence-corrected chi connectivity index (χ2v) is 9.05. The van der Waals surface area contributed by atoms with Crippen molar-refractivity contribution in [1.82, 2.24) is 8.25 Å². The van der Waals surface area contributed by atoms with Gasteiger partial charge >= 0.3 is 0 Å². The number of hydrogen-bond donors (Lipinski definition) is 5. The van der Waals surface area contributed by atoms with Crippen LogP contribution in [0.2, 0.25) is 0 Å². The molecule has 0 aromatic heterocycles. The second-order valence-electron chi connectivity index (χ2n) is 4.67. The molecule has 0 bridgehead atoms. The summed E-state index contributed by atoms with van der Waals surface area (Å²) in [5.74, 6) is -0.726. The van der Waals surface area contributed by atoms with E-state index in [-0.39, 0.29) is 10.5 Å². The van der Waals surface area contributed by atoms with Gasteiger partial charge in [-0.3, -0.25) is 4.79 Å². The Kier molecular flexibility index (Phi) is 6.13. The van der Waals surface area contributed by atoms with E-state index >= 15 is 0 Å². The summed E-state index contributed by atoms with van der Waals surface area (Å²) >= 11 is 6.98. The SMILES string of the molecule is O=C(Nc1ccccc1)c1ccc(S(=O)(=O)NS)cc1S(=O)(=O)NS. The van der Waals surface area contributed by atoms with E-state index in [1.165, 1.54) is 0 Å². The quantitative estimate of drug-likeness (QED) is 0.450. The molecule has 1 amide bonds. The monoisotopic (exact) mass is 419 g/mol. The first-order chi connectivity index (χ1) is 11.7.